The summed E-state index contributed by atoms with van der Waals surface area (Å²) in [5.74, 6) is 0.0892. The van der Waals surface area contributed by atoms with E-state index in [1.807, 2.05) is 22.7 Å². The topological polar surface area (TPSA) is 74.9 Å². The monoisotopic (exact) mass is 461 g/mol. The normalized spacial score (nSPS) is 20.9. The first-order valence-electron chi connectivity index (χ1n) is 11.2. The number of fused-ring (bicyclic) bond motifs is 1. The van der Waals surface area contributed by atoms with Crippen LogP contribution in [0.15, 0.2) is 36.5 Å². The molecule has 2 aliphatic rings. The molecule has 4 heterocycles. The minimum Gasteiger partial charge on any atom is -0.507 e. The van der Waals surface area contributed by atoms with Gasteiger partial charge < -0.3 is 15.2 Å². The molecule has 10 heteroatoms. The summed E-state index contributed by atoms with van der Waals surface area (Å²) in [6, 6.07) is 7.28. The first-order valence-corrected chi connectivity index (χ1v) is 11.2. The van der Waals surface area contributed by atoms with Crippen LogP contribution in [0.1, 0.15) is 31.2 Å². The van der Waals surface area contributed by atoms with Crippen molar-refractivity contribution in [2.75, 3.05) is 31.6 Å². The zero-order valence-electron chi connectivity index (χ0n) is 18.1. The fourth-order valence-electron chi connectivity index (χ4n) is 4.84. The molecule has 0 unspecified atom stereocenters. The Morgan fingerprint density at radius 3 is 2.67 bits per heavy atom. The highest BCUT2D eigenvalue weighted by molar-refractivity contribution is 5.81. The molecule has 5 rings (SSSR count). The third-order valence-corrected chi connectivity index (χ3v) is 6.54. The van der Waals surface area contributed by atoms with E-state index in [2.05, 4.69) is 20.4 Å². The smallest absolute Gasteiger partial charge is 0.416 e. The number of anilines is 1. The van der Waals surface area contributed by atoms with Crippen LogP contribution in [-0.2, 0) is 10.9 Å². The number of nitrogens with one attached hydrogen (secondary N) is 1. The molecule has 0 radical (unpaired) electrons. The number of nitrogens with zero attached hydrogens (tertiary/aromatic N) is 4. The molecule has 0 bridgehead atoms. The zero-order chi connectivity index (χ0) is 23.0. The lowest BCUT2D eigenvalue weighted by molar-refractivity contribution is -0.137. The van der Waals surface area contributed by atoms with Gasteiger partial charge in [-0.25, -0.2) is 0 Å². The molecule has 1 atom stereocenters. The average Bonchev–Trinajstić information content (AvgIpc) is 3.30. The predicted molar refractivity (Wildman–Crippen MR) is 117 cm³/mol. The number of phenolic OH excluding ortho intramolecular Hbond substituents is 1. The lowest BCUT2D eigenvalue weighted by atomic mass is 10.00. The van der Waals surface area contributed by atoms with E-state index in [0.717, 1.165) is 64.1 Å². The number of halogens is 3. The van der Waals surface area contributed by atoms with E-state index >= 15 is 0 Å². The molecule has 2 aliphatic heterocycles. The summed E-state index contributed by atoms with van der Waals surface area (Å²) in [7, 11) is 0. The lowest BCUT2D eigenvalue weighted by Crippen LogP contribution is -2.49. The highest BCUT2D eigenvalue weighted by Crippen LogP contribution is 2.37. The van der Waals surface area contributed by atoms with Gasteiger partial charge in [-0.3, -0.25) is 9.30 Å². The summed E-state index contributed by atoms with van der Waals surface area (Å²) >= 11 is 0. The molecule has 2 aromatic heterocycles. The summed E-state index contributed by atoms with van der Waals surface area (Å²) in [5, 5.41) is 22.4. The van der Waals surface area contributed by atoms with E-state index in [1.165, 1.54) is 6.07 Å². The van der Waals surface area contributed by atoms with Crippen LogP contribution in [0, 0.1) is 0 Å². The molecule has 1 aromatic carbocycles. The Balaban J connectivity index is 1.38. The van der Waals surface area contributed by atoms with Crippen molar-refractivity contribution in [3.05, 3.63) is 42.1 Å². The number of hydrogen-bond acceptors (Lipinski definition) is 6. The molecule has 0 saturated carbocycles. The largest absolute Gasteiger partial charge is 0.507 e. The van der Waals surface area contributed by atoms with Crippen molar-refractivity contribution in [1.29, 1.82) is 0 Å². The second kappa shape index (κ2) is 8.83. The van der Waals surface area contributed by atoms with Crippen molar-refractivity contribution in [2.45, 2.75) is 43.9 Å². The summed E-state index contributed by atoms with van der Waals surface area (Å²) in [4.78, 5) is 2.53. The third-order valence-electron chi connectivity index (χ3n) is 6.54. The molecular formula is C23H26F3N5O2. The second-order valence-corrected chi connectivity index (χ2v) is 8.69. The minimum atomic E-state index is -4.53. The molecular weight excluding hydrogens is 435 g/mol. The maximum absolute atomic E-state index is 13.0. The number of benzene rings is 1. The van der Waals surface area contributed by atoms with Gasteiger partial charge in [0.2, 0.25) is 5.95 Å². The molecule has 3 aromatic rings. The van der Waals surface area contributed by atoms with Gasteiger partial charge >= 0.3 is 6.18 Å². The number of aromatic hydroxyl groups is 1. The van der Waals surface area contributed by atoms with E-state index in [-0.39, 0.29) is 11.6 Å². The van der Waals surface area contributed by atoms with Gasteiger partial charge in [0.05, 0.1) is 11.1 Å². The number of phenols is 1. The molecule has 7 nitrogen and oxygen atoms in total. The molecule has 2 saturated heterocycles. The van der Waals surface area contributed by atoms with Crippen molar-refractivity contribution in [1.82, 2.24) is 19.5 Å². The number of likely N-dealkylation sites (tertiary alicyclic amines) is 1. The number of rotatable bonds is 4. The predicted octanol–water partition coefficient (Wildman–Crippen LogP) is 4.18. The SMILES string of the molecule is Oc1cc(C(F)(F)F)ccc1-c1nnc(N[C@@H]2CCCN(C3CCOCC3)C2)n2cccc12. The van der Waals surface area contributed by atoms with Crippen LogP contribution in [0.2, 0.25) is 0 Å². The maximum atomic E-state index is 13.0. The van der Waals surface area contributed by atoms with E-state index < -0.39 is 17.5 Å². The Morgan fingerprint density at radius 1 is 1.09 bits per heavy atom. The van der Waals surface area contributed by atoms with Crippen molar-refractivity contribution in [3.63, 3.8) is 0 Å². The van der Waals surface area contributed by atoms with Gasteiger partial charge in [-0.1, -0.05) is 0 Å². The summed E-state index contributed by atoms with van der Waals surface area (Å²) in [6.07, 6.45) is 1.52. The standard InChI is InChI=1S/C23H26F3N5O2/c24-23(25,26)15-5-6-18(20(32)13-15)21-19-4-2-10-31(19)22(29-28-21)27-16-3-1-9-30(14-16)17-7-11-33-12-8-17/h2,4-6,10,13,16-17,32H,1,3,7-9,11-12,14H2,(H,27,29)/t16-/m1/s1. The van der Waals surface area contributed by atoms with Gasteiger partial charge in [0.25, 0.3) is 0 Å². The quantitative estimate of drug-likeness (QED) is 0.607. The Morgan fingerprint density at radius 2 is 1.91 bits per heavy atom. The number of alkyl halides is 3. The molecule has 176 valence electrons. The van der Waals surface area contributed by atoms with Crippen molar-refractivity contribution >= 4 is 11.5 Å². The van der Waals surface area contributed by atoms with Gasteiger partial charge in [-0.2, -0.15) is 13.2 Å². The third kappa shape index (κ3) is 4.49. The van der Waals surface area contributed by atoms with E-state index in [9.17, 15) is 18.3 Å². The lowest BCUT2D eigenvalue weighted by Gasteiger charge is -2.40. The molecule has 0 spiro atoms. The van der Waals surface area contributed by atoms with Crippen molar-refractivity contribution in [2.24, 2.45) is 0 Å². The van der Waals surface area contributed by atoms with Crippen LogP contribution in [0.3, 0.4) is 0 Å². The fraction of sp³-hybridized carbons (Fsp3) is 0.478. The molecule has 0 aliphatic carbocycles. The molecule has 2 N–H and O–H groups in total. The summed E-state index contributed by atoms with van der Waals surface area (Å²) < 4.78 is 46.2. The van der Waals surface area contributed by atoms with E-state index in [1.54, 1.807) is 0 Å². The molecule has 33 heavy (non-hydrogen) atoms. The Labute approximate surface area is 189 Å². The number of ether oxygens (including phenoxy) is 1. The van der Waals surface area contributed by atoms with Gasteiger partial charge in [-0.15, -0.1) is 10.2 Å². The highest BCUT2D eigenvalue weighted by atomic mass is 19.4. The maximum Gasteiger partial charge on any atom is 0.416 e. The summed E-state index contributed by atoms with van der Waals surface area (Å²) in [5.41, 5.74) is 0.269. The number of piperidine rings is 1. The van der Waals surface area contributed by atoms with E-state index in [4.69, 9.17) is 4.74 Å². The van der Waals surface area contributed by atoms with Crippen LogP contribution in [-0.4, -0.2) is 63.0 Å². The highest BCUT2D eigenvalue weighted by Gasteiger charge is 2.32. The van der Waals surface area contributed by atoms with Crippen molar-refractivity contribution < 1.29 is 23.0 Å². The van der Waals surface area contributed by atoms with Crippen LogP contribution in [0.4, 0.5) is 19.1 Å². The zero-order valence-corrected chi connectivity index (χ0v) is 18.1. The van der Waals surface area contributed by atoms with E-state index in [0.29, 0.717) is 23.2 Å². The van der Waals surface area contributed by atoms with Crippen LogP contribution < -0.4 is 5.32 Å². The van der Waals surface area contributed by atoms with Crippen LogP contribution in [0.5, 0.6) is 5.75 Å². The number of hydrogen-bond donors (Lipinski definition) is 2. The number of aromatic nitrogens is 3. The van der Waals surface area contributed by atoms with Gasteiger partial charge in [0, 0.05) is 43.6 Å². The van der Waals surface area contributed by atoms with Crippen LogP contribution in [0.25, 0.3) is 16.8 Å². The van der Waals surface area contributed by atoms with Gasteiger partial charge in [0.1, 0.15) is 11.4 Å². The first-order chi connectivity index (χ1) is 15.9. The summed E-state index contributed by atoms with van der Waals surface area (Å²) in [6.45, 7) is 3.62. The Kier molecular flexibility index (Phi) is 5.88. The van der Waals surface area contributed by atoms with Gasteiger partial charge in [0.15, 0.2) is 0 Å². The second-order valence-electron chi connectivity index (χ2n) is 8.69. The molecule has 2 fully saturated rings. The average molecular weight is 461 g/mol. The van der Waals surface area contributed by atoms with Crippen molar-refractivity contribution in [3.8, 4) is 17.0 Å². The fourth-order valence-corrected chi connectivity index (χ4v) is 4.84. The molecule has 0 amide bonds. The Bertz CT molecular complexity index is 1130. The Hall–Kier alpha value is -2.85. The minimum absolute atomic E-state index is 0.203. The van der Waals surface area contributed by atoms with Gasteiger partial charge in [-0.05, 0) is 62.6 Å². The first kappa shape index (κ1) is 22.0. The van der Waals surface area contributed by atoms with Crippen LogP contribution >= 0.6 is 0 Å².